The maximum atomic E-state index is 13.8. The van der Waals surface area contributed by atoms with Gasteiger partial charge in [-0.3, -0.25) is 4.79 Å². The van der Waals surface area contributed by atoms with Crippen LogP contribution in [0.25, 0.3) is 0 Å². The third-order valence-electron chi connectivity index (χ3n) is 4.28. The van der Waals surface area contributed by atoms with Crippen molar-refractivity contribution in [1.29, 1.82) is 0 Å². The van der Waals surface area contributed by atoms with E-state index in [1.165, 1.54) is 28.5 Å². The molecular weight excluding hydrogens is 415 g/mol. The lowest BCUT2D eigenvalue weighted by atomic mass is 10.2. The van der Waals surface area contributed by atoms with E-state index in [1.807, 2.05) is 0 Å². The van der Waals surface area contributed by atoms with E-state index in [2.05, 4.69) is 10.3 Å². The standard InChI is InChI=1S/C17H16F3N3O3S2/c18-10-2-3-11(15(20)14(10)19)21-7-9-1-4-13(24)23(9)5-6-27-17-22-12(8-28-17)16(25)26/h2-3,8-9,21H,1,4-7H2,(H,25,26)/t9-/m1/s1. The molecule has 6 nitrogen and oxygen atoms in total. The summed E-state index contributed by atoms with van der Waals surface area (Å²) >= 11 is 2.57. The number of hydrogen-bond donors (Lipinski definition) is 2. The fraction of sp³-hybridized carbons (Fsp3) is 0.353. The molecule has 3 rings (SSSR count). The summed E-state index contributed by atoms with van der Waals surface area (Å²) in [6, 6.07) is 1.76. The van der Waals surface area contributed by atoms with Gasteiger partial charge >= 0.3 is 5.97 Å². The Hall–Kier alpha value is -2.27. The molecule has 2 heterocycles. The van der Waals surface area contributed by atoms with Crippen molar-refractivity contribution in [2.24, 2.45) is 0 Å². The number of carboxylic acids is 1. The van der Waals surface area contributed by atoms with Gasteiger partial charge in [0.05, 0.1) is 5.69 Å². The molecule has 150 valence electrons. The summed E-state index contributed by atoms with van der Waals surface area (Å²) in [6.07, 6.45) is 0.930. The minimum absolute atomic E-state index is 0.0135. The molecule has 1 atom stereocenters. The van der Waals surface area contributed by atoms with E-state index in [-0.39, 0.29) is 29.9 Å². The zero-order valence-corrected chi connectivity index (χ0v) is 16.1. The summed E-state index contributed by atoms with van der Waals surface area (Å²) in [7, 11) is 0. The molecule has 1 fully saturated rings. The first-order chi connectivity index (χ1) is 13.4. The summed E-state index contributed by atoms with van der Waals surface area (Å²) in [5.74, 6) is -4.69. The SMILES string of the molecule is O=C(O)c1csc(SCCN2C(=O)CC[C@@H]2CNc2ccc(F)c(F)c2F)n1. The number of aromatic nitrogens is 1. The lowest BCUT2D eigenvalue weighted by molar-refractivity contribution is -0.128. The molecule has 0 aliphatic carbocycles. The lowest BCUT2D eigenvalue weighted by Crippen LogP contribution is -2.39. The highest BCUT2D eigenvalue weighted by molar-refractivity contribution is 8.01. The van der Waals surface area contributed by atoms with Crippen LogP contribution in [0, 0.1) is 17.5 Å². The number of hydrogen-bond acceptors (Lipinski definition) is 6. The number of carbonyl (C=O) groups is 2. The number of thioether (sulfide) groups is 1. The normalized spacial score (nSPS) is 16.6. The first-order valence-electron chi connectivity index (χ1n) is 8.35. The zero-order valence-electron chi connectivity index (χ0n) is 14.5. The molecule has 1 amide bonds. The monoisotopic (exact) mass is 431 g/mol. The number of amides is 1. The fourth-order valence-electron chi connectivity index (χ4n) is 2.86. The molecular formula is C17H16F3N3O3S2. The van der Waals surface area contributed by atoms with Gasteiger partial charge in [-0.05, 0) is 18.6 Å². The van der Waals surface area contributed by atoms with Crippen LogP contribution in [0.2, 0.25) is 0 Å². The predicted molar refractivity (Wildman–Crippen MR) is 99.3 cm³/mol. The highest BCUT2D eigenvalue weighted by Crippen LogP contribution is 2.26. The molecule has 1 aromatic carbocycles. The van der Waals surface area contributed by atoms with Crippen molar-refractivity contribution in [1.82, 2.24) is 9.88 Å². The first-order valence-corrected chi connectivity index (χ1v) is 10.2. The number of aromatic carboxylic acids is 1. The highest BCUT2D eigenvalue weighted by Gasteiger charge is 2.30. The van der Waals surface area contributed by atoms with E-state index in [0.717, 1.165) is 12.1 Å². The number of thiazole rings is 1. The summed E-state index contributed by atoms with van der Waals surface area (Å²) in [5.41, 5.74) is -0.169. The molecule has 1 aliphatic rings. The van der Waals surface area contributed by atoms with Gasteiger partial charge in [0.25, 0.3) is 0 Å². The van der Waals surface area contributed by atoms with E-state index in [4.69, 9.17) is 5.11 Å². The smallest absolute Gasteiger partial charge is 0.355 e. The van der Waals surface area contributed by atoms with Gasteiger partial charge in [-0.25, -0.2) is 22.9 Å². The van der Waals surface area contributed by atoms with Gasteiger partial charge in [0.15, 0.2) is 27.5 Å². The second-order valence-corrected chi connectivity index (χ2v) is 8.24. The highest BCUT2D eigenvalue weighted by atomic mass is 32.2. The van der Waals surface area contributed by atoms with E-state index >= 15 is 0 Å². The molecule has 0 spiro atoms. The fourth-order valence-corrected chi connectivity index (χ4v) is 4.67. The first kappa shape index (κ1) is 20.5. The third kappa shape index (κ3) is 4.58. The molecule has 1 aromatic heterocycles. The Balaban J connectivity index is 1.54. The molecule has 0 saturated carbocycles. The van der Waals surface area contributed by atoms with Gasteiger partial charge in [0, 0.05) is 36.7 Å². The van der Waals surface area contributed by atoms with Crippen molar-refractivity contribution < 1.29 is 27.9 Å². The average molecular weight is 431 g/mol. The Morgan fingerprint density at radius 1 is 1.36 bits per heavy atom. The van der Waals surface area contributed by atoms with E-state index in [1.54, 1.807) is 4.90 Å². The van der Waals surface area contributed by atoms with Crippen LogP contribution in [0.15, 0.2) is 21.9 Å². The Kier molecular flexibility index (Phi) is 6.45. The van der Waals surface area contributed by atoms with Gasteiger partial charge in [-0.1, -0.05) is 11.8 Å². The second-order valence-electron chi connectivity index (χ2n) is 6.04. The van der Waals surface area contributed by atoms with Crippen LogP contribution in [-0.4, -0.2) is 51.8 Å². The molecule has 1 aliphatic heterocycles. The van der Waals surface area contributed by atoms with Gasteiger partial charge in [-0.15, -0.1) is 11.3 Å². The van der Waals surface area contributed by atoms with Crippen molar-refractivity contribution in [3.8, 4) is 0 Å². The van der Waals surface area contributed by atoms with Crippen molar-refractivity contribution >= 4 is 40.7 Å². The quantitative estimate of drug-likeness (QED) is 0.492. The largest absolute Gasteiger partial charge is 0.476 e. The Morgan fingerprint density at radius 3 is 2.86 bits per heavy atom. The predicted octanol–water partition coefficient (Wildman–Crippen LogP) is 3.45. The Morgan fingerprint density at radius 2 is 2.14 bits per heavy atom. The Labute approximate surface area is 166 Å². The number of carboxylic acid groups (broad SMARTS) is 1. The summed E-state index contributed by atoms with van der Waals surface area (Å²) < 4.78 is 40.7. The minimum atomic E-state index is -1.54. The van der Waals surface area contributed by atoms with Gasteiger partial charge in [0.2, 0.25) is 5.91 Å². The molecule has 2 aromatic rings. The van der Waals surface area contributed by atoms with Crippen LogP contribution >= 0.6 is 23.1 Å². The number of nitrogens with one attached hydrogen (secondary N) is 1. The minimum Gasteiger partial charge on any atom is -0.476 e. The number of anilines is 1. The summed E-state index contributed by atoms with van der Waals surface area (Å²) in [5, 5.41) is 13.1. The molecule has 1 saturated heterocycles. The van der Waals surface area contributed by atoms with Gasteiger partial charge in [-0.2, -0.15) is 0 Å². The number of halogens is 3. The Bertz CT molecular complexity index is 894. The van der Waals surface area contributed by atoms with E-state index < -0.39 is 23.4 Å². The van der Waals surface area contributed by atoms with Crippen LogP contribution in [0.1, 0.15) is 23.3 Å². The summed E-state index contributed by atoms with van der Waals surface area (Å²) in [6.45, 7) is 0.622. The third-order valence-corrected chi connectivity index (χ3v) is 6.28. The maximum Gasteiger partial charge on any atom is 0.355 e. The van der Waals surface area contributed by atoms with Crippen molar-refractivity contribution in [3.05, 3.63) is 40.7 Å². The van der Waals surface area contributed by atoms with Crippen molar-refractivity contribution in [2.75, 3.05) is 24.2 Å². The van der Waals surface area contributed by atoms with Crippen molar-refractivity contribution in [3.63, 3.8) is 0 Å². The molecule has 0 radical (unpaired) electrons. The second kappa shape index (κ2) is 8.82. The van der Waals surface area contributed by atoms with Gasteiger partial charge < -0.3 is 15.3 Å². The average Bonchev–Trinajstić information content (AvgIpc) is 3.27. The molecule has 11 heteroatoms. The summed E-state index contributed by atoms with van der Waals surface area (Å²) in [4.78, 5) is 28.6. The van der Waals surface area contributed by atoms with E-state index in [0.29, 0.717) is 29.5 Å². The zero-order chi connectivity index (χ0) is 20.3. The molecule has 0 unspecified atom stereocenters. The van der Waals surface area contributed by atoms with Crippen LogP contribution in [-0.2, 0) is 4.79 Å². The number of benzene rings is 1. The van der Waals surface area contributed by atoms with Crippen LogP contribution in [0.4, 0.5) is 18.9 Å². The molecule has 28 heavy (non-hydrogen) atoms. The number of rotatable bonds is 8. The van der Waals surface area contributed by atoms with E-state index in [9.17, 15) is 22.8 Å². The number of nitrogens with zero attached hydrogens (tertiary/aromatic N) is 2. The lowest BCUT2D eigenvalue weighted by Gasteiger charge is -2.25. The number of carbonyl (C=O) groups excluding carboxylic acids is 1. The molecule has 2 N–H and O–H groups in total. The van der Waals surface area contributed by atoms with Crippen LogP contribution in [0.3, 0.4) is 0 Å². The van der Waals surface area contributed by atoms with Crippen LogP contribution in [0.5, 0.6) is 0 Å². The maximum absolute atomic E-state index is 13.8. The van der Waals surface area contributed by atoms with Crippen molar-refractivity contribution in [2.45, 2.75) is 23.2 Å². The molecule has 0 bridgehead atoms. The topological polar surface area (TPSA) is 82.5 Å². The van der Waals surface area contributed by atoms with Gasteiger partial charge in [0.1, 0.15) is 0 Å². The van der Waals surface area contributed by atoms with Crippen LogP contribution < -0.4 is 5.32 Å². The number of likely N-dealkylation sites (tertiary alicyclic amines) is 1.